The van der Waals surface area contributed by atoms with E-state index in [9.17, 15) is 9.13 Å². The van der Waals surface area contributed by atoms with Crippen LogP contribution >= 0.6 is 34.3 Å². The summed E-state index contributed by atoms with van der Waals surface area (Å²) in [6, 6.07) is 141. The molecule has 24 aromatic rings. The first-order chi connectivity index (χ1) is 57.6. The highest BCUT2D eigenvalue weighted by Crippen LogP contribution is 2.46. The number of imidazole rings is 2. The number of halogens is 1. The average molecular weight is 1570 g/mol. The third-order valence-electron chi connectivity index (χ3n) is 22.9. The van der Waals surface area contributed by atoms with Crippen molar-refractivity contribution in [3.63, 3.8) is 0 Å². The van der Waals surface area contributed by atoms with E-state index in [-0.39, 0.29) is 0 Å². The number of nitrogens with zero attached hydrogens (tertiary/aromatic N) is 4. The molecule has 0 fully saturated rings. The maximum absolute atomic E-state index is 15.9. The molecule has 0 aliphatic rings. The van der Waals surface area contributed by atoms with Gasteiger partial charge in [0.25, 0.3) is 0 Å². The van der Waals surface area contributed by atoms with E-state index in [1.165, 1.54) is 80.8 Å². The number of hydrogen-bond donors (Lipinski definition) is 0. The van der Waals surface area contributed by atoms with Crippen molar-refractivity contribution in [2.75, 3.05) is 0 Å². The highest BCUT2D eigenvalue weighted by molar-refractivity contribution is 7.85. The number of para-hydroxylation sites is 4. The molecule has 4 heterocycles. The summed E-state index contributed by atoms with van der Waals surface area (Å²) in [5.74, 6) is 0. The van der Waals surface area contributed by atoms with Crippen molar-refractivity contribution in [2.45, 2.75) is 0 Å². The summed E-state index contributed by atoms with van der Waals surface area (Å²) in [5, 5.41) is 32.7. The maximum Gasteiger partial charge on any atom is 0.415 e. The Morgan fingerprint density at radius 2 is 0.547 bits per heavy atom. The molecule has 0 saturated heterocycles. The van der Waals surface area contributed by atoms with Crippen molar-refractivity contribution in [3.05, 3.63) is 418 Å². The average Bonchev–Trinajstić information content (AvgIpc) is 1.64. The molecule has 24 rings (SSSR count). The second-order valence-corrected chi connectivity index (χ2v) is 36.0. The molecule has 0 aliphatic heterocycles. The van der Waals surface area contributed by atoms with Crippen molar-refractivity contribution in [2.24, 2.45) is 0 Å². The van der Waals surface area contributed by atoms with Crippen molar-refractivity contribution < 1.29 is 13.7 Å². The lowest BCUT2D eigenvalue weighted by atomic mass is 9.99. The summed E-state index contributed by atoms with van der Waals surface area (Å²) >= 11 is 6.35. The number of fused-ring (bicyclic) bond motifs is 29. The van der Waals surface area contributed by atoms with Gasteiger partial charge in [0.05, 0.1) is 33.1 Å². The molecule has 20 aromatic carbocycles. The number of benzene rings is 20. The van der Waals surface area contributed by atoms with Gasteiger partial charge < -0.3 is 4.57 Å². The number of aromatic nitrogens is 4. The van der Waals surface area contributed by atoms with Crippen LogP contribution in [0.5, 0.6) is 0 Å². The molecule has 3 unspecified atom stereocenters. The lowest BCUT2D eigenvalue weighted by molar-refractivity contribution is 0.592. The zero-order valence-electron chi connectivity index (χ0n) is 63.0. The van der Waals surface area contributed by atoms with Crippen LogP contribution in [0.1, 0.15) is 0 Å². The summed E-state index contributed by atoms with van der Waals surface area (Å²) in [5.41, 5.74) is 8.04. The van der Waals surface area contributed by atoms with Crippen molar-refractivity contribution in [3.8, 4) is 0 Å². The Morgan fingerprint density at radius 3 is 1.01 bits per heavy atom. The molecule has 4 aromatic heterocycles. The first-order valence-electron chi connectivity index (χ1n) is 39.1. The van der Waals surface area contributed by atoms with Crippen LogP contribution in [-0.4, -0.2) is 18.8 Å². The molecular formula is C106H68ClN4O3P3+2. The van der Waals surface area contributed by atoms with Crippen LogP contribution in [0.3, 0.4) is 0 Å². The van der Waals surface area contributed by atoms with Crippen molar-refractivity contribution in [1.29, 1.82) is 0 Å². The highest BCUT2D eigenvalue weighted by atomic mass is 35.5. The van der Waals surface area contributed by atoms with Crippen LogP contribution in [0.2, 0.25) is 5.02 Å². The second kappa shape index (κ2) is 29.5. The third-order valence-corrected chi connectivity index (χ3v) is 29.2. The molecule has 0 amide bonds. The summed E-state index contributed by atoms with van der Waals surface area (Å²) in [4.78, 5) is 10.2. The maximum atomic E-state index is 15.9. The molecule has 0 saturated carbocycles. The van der Waals surface area contributed by atoms with Crippen molar-refractivity contribution >= 4 is 234 Å². The molecule has 3 atom stereocenters. The Balaban J connectivity index is 0.000000104. The molecule has 550 valence electrons. The van der Waals surface area contributed by atoms with Crippen LogP contribution in [0.15, 0.2) is 413 Å². The minimum Gasteiger partial charge on any atom is -0.309 e. The third kappa shape index (κ3) is 12.4. The predicted octanol–water partition coefficient (Wildman–Crippen LogP) is 26.0. The van der Waals surface area contributed by atoms with Crippen molar-refractivity contribution in [1.82, 2.24) is 18.8 Å². The number of pyridine rings is 2. The Kier molecular flexibility index (Phi) is 17.9. The van der Waals surface area contributed by atoms with Crippen LogP contribution < -0.4 is 37.1 Å². The van der Waals surface area contributed by atoms with E-state index >= 15 is 4.57 Å². The second-order valence-electron chi connectivity index (χ2n) is 29.6. The largest absolute Gasteiger partial charge is 0.415 e. The molecule has 11 heteroatoms. The van der Waals surface area contributed by atoms with E-state index in [0.717, 1.165) is 124 Å². The predicted molar refractivity (Wildman–Crippen MR) is 499 cm³/mol. The van der Waals surface area contributed by atoms with E-state index in [2.05, 4.69) is 282 Å². The zero-order valence-corrected chi connectivity index (χ0v) is 66.4. The first kappa shape index (κ1) is 71.0. The molecule has 0 radical (unpaired) electrons. The minimum atomic E-state index is -3.30. The first-order valence-corrected chi connectivity index (χ1v) is 43.7. The Labute approximate surface area is 679 Å². The summed E-state index contributed by atoms with van der Waals surface area (Å²) < 4.78 is 45.8. The van der Waals surface area contributed by atoms with Crippen LogP contribution in [0, 0.1) is 0 Å². The van der Waals surface area contributed by atoms with Crippen LogP contribution in [0.25, 0.3) is 163 Å². The van der Waals surface area contributed by atoms with Gasteiger partial charge in [-0.1, -0.05) is 324 Å². The molecule has 117 heavy (non-hydrogen) atoms. The highest BCUT2D eigenvalue weighted by Gasteiger charge is 2.32. The van der Waals surface area contributed by atoms with Gasteiger partial charge in [0, 0.05) is 42.5 Å². The van der Waals surface area contributed by atoms with Gasteiger partial charge in [-0.05, 0) is 206 Å². The molecule has 0 aliphatic carbocycles. The fraction of sp³-hybridized carbons (Fsp3) is 0. The van der Waals surface area contributed by atoms with Gasteiger partial charge in [-0.15, -0.1) is 0 Å². The van der Waals surface area contributed by atoms with Gasteiger partial charge in [-0.25, -0.2) is 9.97 Å². The number of hydrogen-bond acceptors (Lipinski definition) is 5. The quantitative estimate of drug-likeness (QED) is 0.117. The summed E-state index contributed by atoms with van der Waals surface area (Å²) in [6.07, 6.45) is 0. The van der Waals surface area contributed by atoms with Gasteiger partial charge in [0.1, 0.15) is 11.3 Å². The summed E-state index contributed by atoms with van der Waals surface area (Å²) in [6.45, 7) is 0. The summed E-state index contributed by atoms with van der Waals surface area (Å²) in [7, 11) is -6.37. The lowest BCUT2D eigenvalue weighted by Crippen LogP contribution is -2.25. The normalized spacial score (nSPS) is 12.5. The Bertz CT molecular complexity index is 8090. The Morgan fingerprint density at radius 1 is 0.231 bits per heavy atom. The fourth-order valence-corrected chi connectivity index (χ4v) is 22.6. The lowest BCUT2D eigenvalue weighted by Gasteiger charge is -2.22. The monoisotopic (exact) mass is 1570 g/mol. The topological polar surface area (TPSA) is 85.8 Å². The van der Waals surface area contributed by atoms with Crippen LogP contribution in [-0.2, 0) is 13.7 Å². The van der Waals surface area contributed by atoms with E-state index in [1.807, 2.05) is 140 Å². The minimum absolute atomic E-state index is 0.733. The SMILES string of the molecule is Clc1ccc2c3ccc4ccccc4c3c3nc4ccccc4n3c2c1.O=P(c1ccccc1)(c1ccc2c(ccc3ccccc32)c1)c1ccc2c3ccc4ccccc4c3c3nc4ccccc4n3c2c1.O=[P+](c1ccccc1)c1ccc2c(ccc3ccccc32)c1.O=[P+](c1ccccc1)c1ccc2c(ccc3ccccc32)c1. The van der Waals surface area contributed by atoms with Gasteiger partial charge >= 0.3 is 15.6 Å². The van der Waals surface area contributed by atoms with Gasteiger partial charge in [0.15, 0.2) is 28.4 Å². The molecule has 0 spiro atoms. The standard InChI is InChI=1S/C43H27N2OP.C23H13ClN2.2C20H14OP/c46-47(31-12-2-1-3-13-31,32-21-24-35-30(26-32)19-18-28-10-4-6-14-34(28)35)33-22-25-37-38-23-20-29-11-5-7-15-36(29)42(38)43-44-39-16-8-9-17-40(39)45(43)41(37)27-33;24-15-10-12-17-18-11-9-14-5-1-2-6-16(14)22(18)23-25-19-7-3-4-8-20(19)26(23)21(17)13-15;2*21-22(17-7-2-1-3-8-17)18-12-13-20-16(14-18)11-10-15-6-4-5-9-19(15)20/h1-27H;1-13H;2*1-14H/q;;2*+1. The van der Waals surface area contributed by atoms with Gasteiger partial charge in [-0.3, -0.25) is 8.80 Å². The molecular weight excluding hydrogens is 1510 g/mol. The van der Waals surface area contributed by atoms with E-state index in [1.54, 1.807) is 0 Å². The smallest absolute Gasteiger partial charge is 0.309 e. The van der Waals surface area contributed by atoms with E-state index in [4.69, 9.17) is 21.6 Å². The zero-order chi connectivity index (χ0) is 78.2. The molecule has 0 bridgehead atoms. The molecule has 0 N–H and O–H groups in total. The molecule has 7 nitrogen and oxygen atoms in total. The van der Waals surface area contributed by atoms with E-state index < -0.39 is 22.7 Å². The van der Waals surface area contributed by atoms with Crippen LogP contribution in [0.4, 0.5) is 0 Å². The van der Waals surface area contributed by atoms with E-state index in [0.29, 0.717) is 0 Å². The number of rotatable bonds is 7. The van der Waals surface area contributed by atoms with Gasteiger partial charge in [0.2, 0.25) is 0 Å². The fourth-order valence-electron chi connectivity index (χ4n) is 17.4. The van der Waals surface area contributed by atoms with Gasteiger partial charge in [-0.2, -0.15) is 0 Å². The Hall–Kier alpha value is -13.9.